The van der Waals surface area contributed by atoms with Crippen LogP contribution in [0.4, 0.5) is 0 Å². The van der Waals surface area contributed by atoms with Gasteiger partial charge in [-0.05, 0) is 38.4 Å². The van der Waals surface area contributed by atoms with Crippen molar-refractivity contribution in [1.82, 2.24) is 5.32 Å². The van der Waals surface area contributed by atoms with E-state index in [1.165, 1.54) is 0 Å². The Hall–Kier alpha value is -1.30. The molecule has 0 saturated heterocycles. The number of nitrogens with one attached hydrogen (secondary N) is 1. The Morgan fingerprint density at radius 2 is 1.95 bits per heavy atom. The van der Waals surface area contributed by atoms with Gasteiger partial charge in [0.15, 0.2) is 17.6 Å². The van der Waals surface area contributed by atoms with Crippen LogP contribution in [0, 0.1) is 0 Å². The Balaban J connectivity index is 1.76. The maximum absolute atomic E-state index is 10.3. The first-order chi connectivity index (χ1) is 10.2. The summed E-state index contributed by atoms with van der Waals surface area (Å²) in [6, 6.07) is 7.55. The van der Waals surface area contributed by atoms with Crippen LogP contribution < -0.4 is 14.8 Å². The van der Waals surface area contributed by atoms with Crippen LogP contribution in [0.15, 0.2) is 24.3 Å². The first-order valence-corrected chi connectivity index (χ1v) is 7.52. The zero-order valence-corrected chi connectivity index (χ0v) is 12.7. The molecule has 1 heterocycles. The molecule has 0 amide bonds. The SMILES string of the molecule is COCCCCNCC(O)C1Oc2ccccc2OC1C. The van der Waals surface area contributed by atoms with Gasteiger partial charge in [0.2, 0.25) is 0 Å². The number of benzene rings is 1. The second kappa shape index (κ2) is 8.22. The van der Waals surface area contributed by atoms with Gasteiger partial charge in [-0.15, -0.1) is 0 Å². The van der Waals surface area contributed by atoms with E-state index in [1.54, 1.807) is 7.11 Å². The van der Waals surface area contributed by atoms with Crippen molar-refractivity contribution in [3.05, 3.63) is 24.3 Å². The highest BCUT2D eigenvalue weighted by molar-refractivity contribution is 5.41. The highest BCUT2D eigenvalue weighted by Crippen LogP contribution is 2.34. The zero-order valence-electron chi connectivity index (χ0n) is 12.7. The summed E-state index contributed by atoms with van der Waals surface area (Å²) in [6.07, 6.45) is 0.917. The largest absolute Gasteiger partial charge is 0.483 e. The van der Waals surface area contributed by atoms with Crippen molar-refractivity contribution in [2.45, 2.75) is 38.1 Å². The van der Waals surface area contributed by atoms with Gasteiger partial charge in [0.25, 0.3) is 0 Å². The van der Waals surface area contributed by atoms with Crippen molar-refractivity contribution in [3.8, 4) is 11.5 Å². The number of hydrogen-bond acceptors (Lipinski definition) is 5. The van der Waals surface area contributed by atoms with Gasteiger partial charge in [0, 0.05) is 20.3 Å². The van der Waals surface area contributed by atoms with E-state index < -0.39 is 6.10 Å². The highest BCUT2D eigenvalue weighted by atomic mass is 16.6. The maximum atomic E-state index is 10.3. The van der Waals surface area contributed by atoms with Crippen LogP contribution in [0.25, 0.3) is 0 Å². The van der Waals surface area contributed by atoms with E-state index in [9.17, 15) is 5.11 Å². The molecule has 2 N–H and O–H groups in total. The monoisotopic (exact) mass is 295 g/mol. The van der Waals surface area contributed by atoms with E-state index in [-0.39, 0.29) is 12.2 Å². The Labute approximate surface area is 126 Å². The molecule has 1 aromatic rings. The molecule has 5 heteroatoms. The van der Waals surface area contributed by atoms with Crippen LogP contribution in [0.5, 0.6) is 11.5 Å². The molecule has 1 aliphatic heterocycles. The fourth-order valence-corrected chi connectivity index (χ4v) is 2.41. The third-order valence-electron chi connectivity index (χ3n) is 3.57. The highest BCUT2D eigenvalue weighted by Gasteiger charge is 2.33. The molecule has 0 radical (unpaired) electrons. The quantitative estimate of drug-likeness (QED) is 0.713. The van der Waals surface area contributed by atoms with Gasteiger partial charge in [0.05, 0.1) is 0 Å². The van der Waals surface area contributed by atoms with Crippen LogP contribution >= 0.6 is 0 Å². The fraction of sp³-hybridized carbons (Fsp3) is 0.625. The molecule has 0 aromatic heterocycles. The van der Waals surface area contributed by atoms with Crippen molar-refractivity contribution in [1.29, 1.82) is 0 Å². The van der Waals surface area contributed by atoms with Crippen LogP contribution in [0.3, 0.4) is 0 Å². The summed E-state index contributed by atoms with van der Waals surface area (Å²) in [5.41, 5.74) is 0. The molecule has 1 aromatic carbocycles. The Bertz CT molecular complexity index is 426. The van der Waals surface area contributed by atoms with Crippen molar-refractivity contribution in [2.75, 3.05) is 26.8 Å². The van der Waals surface area contributed by atoms with Gasteiger partial charge < -0.3 is 24.6 Å². The topological polar surface area (TPSA) is 60.0 Å². The lowest BCUT2D eigenvalue weighted by atomic mass is 10.1. The molecule has 1 aliphatic rings. The van der Waals surface area contributed by atoms with Gasteiger partial charge in [-0.3, -0.25) is 0 Å². The fourth-order valence-electron chi connectivity index (χ4n) is 2.41. The van der Waals surface area contributed by atoms with E-state index in [1.807, 2.05) is 31.2 Å². The van der Waals surface area contributed by atoms with Crippen molar-refractivity contribution < 1.29 is 19.3 Å². The van der Waals surface area contributed by atoms with E-state index in [2.05, 4.69) is 5.32 Å². The van der Waals surface area contributed by atoms with Gasteiger partial charge >= 0.3 is 0 Å². The molecule has 2 rings (SSSR count). The van der Waals surface area contributed by atoms with E-state index in [0.717, 1.165) is 31.7 Å². The Kier molecular flexibility index (Phi) is 6.29. The molecule has 3 unspecified atom stereocenters. The average Bonchev–Trinajstić information content (AvgIpc) is 2.49. The van der Waals surface area contributed by atoms with Gasteiger partial charge in [0.1, 0.15) is 12.2 Å². The number of aliphatic hydroxyl groups is 1. The van der Waals surface area contributed by atoms with Crippen LogP contribution in [0.1, 0.15) is 19.8 Å². The summed E-state index contributed by atoms with van der Waals surface area (Å²) < 4.78 is 16.7. The number of fused-ring (bicyclic) bond motifs is 1. The molecule has 5 nitrogen and oxygen atoms in total. The van der Waals surface area contributed by atoms with Crippen LogP contribution in [-0.2, 0) is 4.74 Å². The lowest BCUT2D eigenvalue weighted by Crippen LogP contribution is -2.49. The van der Waals surface area contributed by atoms with E-state index in [0.29, 0.717) is 12.3 Å². The number of hydrogen-bond donors (Lipinski definition) is 2. The first-order valence-electron chi connectivity index (χ1n) is 7.52. The molecule has 0 fully saturated rings. The maximum Gasteiger partial charge on any atom is 0.162 e. The molecule has 0 bridgehead atoms. The number of methoxy groups -OCH3 is 1. The van der Waals surface area contributed by atoms with E-state index >= 15 is 0 Å². The van der Waals surface area contributed by atoms with Crippen molar-refractivity contribution in [3.63, 3.8) is 0 Å². The summed E-state index contributed by atoms with van der Waals surface area (Å²) in [5.74, 6) is 1.43. The number of para-hydroxylation sites is 2. The summed E-state index contributed by atoms with van der Waals surface area (Å²) >= 11 is 0. The second-order valence-corrected chi connectivity index (χ2v) is 5.32. The van der Waals surface area contributed by atoms with Gasteiger partial charge in [-0.1, -0.05) is 12.1 Å². The molecule has 21 heavy (non-hydrogen) atoms. The number of aliphatic hydroxyl groups excluding tert-OH is 1. The average molecular weight is 295 g/mol. The van der Waals surface area contributed by atoms with Gasteiger partial charge in [-0.25, -0.2) is 0 Å². The molecule has 118 valence electrons. The third-order valence-corrected chi connectivity index (χ3v) is 3.57. The number of unbranched alkanes of at least 4 members (excludes halogenated alkanes) is 1. The number of rotatable bonds is 8. The lowest BCUT2D eigenvalue weighted by Gasteiger charge is -2.34. The minimum absolute atomic E-state index is 0.176. The van der Waals surface area contributed by atoms with Crippen molar-refractivity contribution in [2.24, 2.45) is 0 Å². The minimum Gasteiger partial charge on any atom is -0.483 e. The lowest BCUT2D eigenvalue weighted by molar-refractivity contribution is -0.0459. The molecule has 3 atom stereocenters. The van der Waals surface area contributed by atoms with Crippen LogP contribution in [0.2, 0.25) is 0 Å². The smallest absolute Gasteiger partial charge is 0.162 e. The van der Waals surface area contributed by atoms with Crippen molar-refractivity contribution >= 4 is 0 Å². The minimum atomic E-state index is -0.601. The summed E-state index contributed by atoms with van der Waals surface area (Å²) in [4.78, 5) is 0. The predicted molar refractivity (Wildman–Crippen MR) is 80.9 cm³/mol. The molecule has 0 spiro atoms. The summed E-state index contributed by atoms with van der Waals surface area (Å²) in [7, 11) is 1.71. The third kappa shape index (κ3) is 4.59. The van der Waals surface area contributed by atoms with Gasteiger partial charge in [-0.2, -0.15) is 0 Å². The first kappa shape index (κ1) is 16.1. The predicted octanol–water partition coefficient (Wildman–Crippen LogP) is 1.59. The molecule has 0 aliphatic carbocycles. The van der Waals surface area contributed by atoms with E-state index in [4.69, 9.17) is 14.2 Å². The molecular weight excluding hydrogens is 270 g/mol. The second-order valence-electron chi connectivity index (χ2n) is 5.32. The number of ether oxygens (including phenoxy) is 3. The Morgan fingerprint density at radius 3 is 2.67 bits per heavy atom. The zero-order chi connectivity index (χ0) is 15.1. The van der Waals surface area contributed by atoms with Crippen LogP contribution in [-0.4, -0.2) is 50.2 Å². The molecular formula is C16H25NO4. The summed E-state index contributed by atoms with van der Waals surface area (Å²) in [6.45, 7) is 4.05. The summed E-state index contributed by atoms with van der Waals surface area (Å²) in [5, 5.41) is 13.5. The Morgan fingerprint density at radius 1 is 1.24 bits per heavy atom. The standard InChI is InChI=1S/C16H25NO4/c1-12-16(13(18)11-17-9-5-6-10-19-2)21-15-8-4-3-7-14(15)20-12/h3-4,7-8,12-13,16-18H,5-6,9-11H2,1-2H3. The normalized spacial score (nSPS) is 22.0. The molecule has 0 saturated carbocycles.